The Hall–Kier alpha value is -3.84. The number of hydrogen-bond donors (Lipinski definition) is 2. The van der Waals surface area contributed by atoms with Crippen LogP contribution < -0.4 is 20.1 Å². The van der Waals surface area contributed by atoms with Gasteiger partial charge in [-0.25, -0.2) is 0 Å². The minimum atomic E-state index is -0.248. The molecule has 0 aliphatic carbocycles. The van der Waals surface area contributed by atoms with Gasteiger partial charge in [0.05, 0.1) is 38.1 Å². The Morgan fingerprint density at radius 1 is 0.912 bits per heavy atom. The Labute approximate surface area is 200 Å². The summed E-state index contributed by atoms with van der Waals surface area (Å²) in [4.78, 5) is 27.6. The highest BCUT2D eigenvalue weighted by Gasteiger charge is 2.17. The molecule has 0 saturated carbocycles. The predicted octanol–water partition coefficient (Wildman–Crippen LogP) is 4.27. The summed E-state index contributed by atoms with van der Waals surface area (Å²) in [5, 5.41) is 5.87. The molecule has 0 radical (unpaired) electrons. The Morgan fingerprint density at radius 3 is 2.32 bits per heavy atom. The van der Waals surface area contributed by atoms with E-state index in [1.807, 2.05) is 67.4 Å². The van der Waals surface area contributed by atoms with E-state index in [-0.39, 0.29) is 24.4 Å². The summed E-state index contributed by atoms with van der Waals surface area (Å²) in [5.74, 6) is 0.816. The molecule has 1 atom stereocenters. The zero-order valence-corrected chi connectivity index (χ0v) is 20.0. The van der Waals surface area contributed by atoms with Crippen LogP contribution in [0.3, 0.4) is 0 Å². The lowest BCUT2D eigenvalue weighted by Gasteiger charge is -2.20. The van der Waals surface area contributed by atoms with Crippen molar-refractivity contribution in [2.45, 2.75) is 19.5 Å². The zero-order valence-electron chi connectivity index (χ0n) is 20.0. The number of ether oxygens (including phenoxy) is 2. The van der Waals surface area contributed by atoms with Gasteiger partial charge in [0.2, 0.25) is 5.91 Å². The highest BCUT2D eigenvalue weighted by molar-refractivity contribution is 6.04. The highest BCUT2D eigenvalue weighted by atomic mass is 16.5. The number of carbonyl (C=O) groups excluding carboxylic acids is 2. The average Bonchev–Trinajstić information content (AvgIpc) is 2.84. The van der Waals surface area contributed by atoms with E-state index < -0.39 is 0 Å². The van der Waals surface area contributed by atoms with Crippen molar-refractivity contribution in [3.63, 3.8) is 0 Å². The first-order valence-electron chi connectivity index (χ1n) is 11.1. The van der Waals surface area contributed by atoms with Crippen molar-refractivity contribution in [1.29, 1.82) is 0 Å². The highest BCUT2D eigenvalue weighted by Crippen LogP contribution is 2.31. The molecule has 0 aliphatic heterocycles. The number of nitrogens with one attached hydrogen (secondary N) is 2. The Bertz CT molecular complexity index is 1120. The van der Waals surface area contributed by atoms with E-state index in [1.54, 1.807) is 38.5 Å². The molecule has 0 saturated heterocycles. The van der Waals surface area contributed by atoms with Crippen LogP contribution in [0.25, 0.3) is 0 Å². The van der Waals surface area contributed by atoms with Gasteiger partial charge >= 0.3 is 0 Å². The molecule has 2 N–H and O–H groups in total. The van der Waals surface area contributed by atoms with E-state index in [2.05, 4.69) is 10.6 Å². The molecule has 0 spiro atoms. The van der Waals surface area contributed by atoms with Gasteiger partial charge in [-0.15, -0.1) is 0 Å². The Balaban J connectivity index is 1.64. The SMILES string of the molecule is COc1cccc(CN(C)CC(=O)Nc2ccccc2C(=O)NC(C)c2ccccc2)c1OC. The topological polar surface area (TPSA) is 79.9 Å². The van der Waals surface area contributed by atoms with Gasteiger partial charge in [0.1, 0.15) is 0 Å². The quantitative estimate of drug-likeness (QED) is 0.472. The summed E-state index contributed by atoms with van der Waals surface area (Å²) in [7, 11) is 5.03. The van der Waals surface area contributed by atoms with Crippen molar-refractivity contribution >= 4 is 17.5 Å². The molecular weight excluding hydrogens is 430 g/mol. The molecule has 2 amide bonds. The number of anilines is 1. The van der Waals surface area contributed by atoms with Crippen LogP contribution in [0, 0.1) is 0 Å². The summed E-state index contributed by atoms with van der Waals surface area (Å²) in [6, 6.07) is 22.2. The van der Waals surface area contributed by atoms with Crippen LogP contribution in [0.1, 0.15) is 34.5 Å². The van der Waals surface area contributed by atoms with Crippen LogP contribution in [0.5, 0.6) is 11.5 Å². The monoisotopic (exact) mass is 461 g/mol. The van der Waals surface area contributed by atoms with Crippen molar-refractivity contribution < 1.29 is 19.1 Å². The first-order valence-corrected chi connectivity index (χ1v) is 11.1. The summed E-state index contributed by atoms with van der Waals surface area (Å²) >= 11 is 0. The second kappa shape index (κ2) is 11.9. The van der Waals surface area contributed by atoms with Crippen LogP contribution in [-0.4, -0.2) is 44.5 Å². The fourth-order valence-corrected chi connectivity index (χ4v) is 3.75. The van der Waals surface area contributed by atoms with Gasteiger partial charge in [-0.05, 0) is 37.7 Å². The molecule has 0 aromatic heterocycles. The molecule has 7 nitrogen and oxygen atoms in total. The number of likely N-dealkylation sites (N-methyl/N-ethyl adjacent to an activating group) is 1. The molecule has 3 aromatic carbocycles. The van der Waals surface area contributed by atoms with Crippen molar-refractivity contribution in [3.05, 3.63) is 89.5 Å². The minimum absolute atomic E-state index is 0.136. The third kappa shape index (κ3) is 6.36. The maximum atomic E-state index is 12.9. The normalized spacial score (nSPS) is 11.6. The Morgan fingerprint density at radius 2 is 1.62 bits per heavy atom. The summed E-state index contributed by atoms with van der Waals surface area (Å²) < 4.78 is 10.8. The lowest BCUT2D eigenvalue weighted by atomic mass is 10.1. The number of rotatable bonds is 10. The predicted molar refractivity (Wildman–Crippen MR) is 133 cm³/mol. The fourth-order valence-electron chi connectivity index (χ4n) is 3.75. The van der Waals surface area contributed by atoms with E-state index in [9.17, 15) is 9.59 Å². The molecule has 0 heterocycles. The molecule has 1 unspecified atom stereocenters. The fraction of sp³-hybridized carbons (Fsp3) is 0.259. The van der Waals surface area contributed by atoms with Gasteiger partial charge in [0, 0.05) is 12.1 Å². The third-order valence-corrected chi connectivity index (χ3v) is 5.43. The van der Waals surface area contributed by atoms with E-state index >= 15 is 0 Å². The lowest BCUT2D eigenvalue weighted by Crippen LogP contribution is -2.31. The standard InChI is InChI=1S/C27H31N3O4/c1-19(20-11-6-5-7-12-20)28-27(32)22-14-8-9-15-23(22)29-25(31)18-30(2)17-21-13-10-16-24(33-3)26(21)34-4/h5-16,19H,17-18H2,1-4H3,(H,28,32)(H,29,31). The smallest absolute Gasteiger partial charge is 0.253 e. The number of benzene rings is 3. The van der Waals surface area contributed by atoms with Crippen LogP contribution >= 0.6 is 0 Å². The van der Waals surface area contributed by atoms with Gasteiger partial charge < -0.3 is 20.1 Å². The van der Waals surface area contributed by atoms with Crippen LogP contribution in [0.2, 0.25) is 0 Å². The third-order valence-electron chi connectivity index (χ3n) is 5.43. The zero-order chi connectivity index (χ0) is 24.5. The van der Waals surface area contributed by atoms with E-state index in [4.69, 9.17) is 9.47 Å². The lowest BCUT2D eigenvalue weighted by molar-refractivity contribution is -0.117. The number of carbonyl (C=O) groups is 2. The van der Waals surface area contributed by atoms with Crippen molar-refractivity contribution in [2.75, 3.05) is 33.1 Å². The second-order valence-corrected chi connectivity index (χ2v) is 8.02. The summed E-state index contributed by atoms with van der Waals surface area (Å²) in [6.45, 7) is 2.55. The van der Waals surface area contributed by atoms with Crippen molar-refractivity contribution in [3.8, 4) is 11.5 Å². The van der Waals surface area contributed by atoms with Gasteiger partial charge in [-0.1, -0.05) is 54.6 Å². The first kappa shape index (κ1) is 24.8. The Kier molecular flexibility index (Phi) is 8.65. The van der Waals surface area contributed by atoms with Crippen LogP contribution in [-0.2, 0) is 11.3 Å². The molecule has 0 aliphatic rings. The molecule has 0 fully saturated rings. The van der Waals surface area contributed by atoms with Crippen LogP contribution in [0.15, 0.2) is 72.8 Å². The molecule has 178 valence electrons. The maximum absolute atomic E-state index is 12.9. The average molecular weight is 462 g/mol. The molecule has 7 heteroatoms. The minimum Gasteiger partial charge on any atom is -0.493 e. The summed E-state index contributed by atoms with van der Waals surface area (Å²) in [5.41, 5.74) is 2.80. The number of methoxy groups -OCH3 is 2. The number of amides is 2. The number of nitrogens with zero attached hydrogens (tertiary/aromatic N) is 1. The maximum Gasteiger partial charge on any atom is 0.253 e. The number of hydrogen-bond acceptors (Lipinski definition) is 5. The second-order valence-electron chi connectivity index (χ2n) is 8.02. The van der Waals surface area contributed by atoms with E-state index in [1.165, 1.54) is 0 Å². The molecule has 0 bridgehead atoms. The first-order chi connectivity index (χ1) is 16.4. The molecule has 3 aromatic rings. The van der Waals surface area contributed by atoms with Crippen molar-refractivity contribution in [2.24, 2.45) is 0 Å². The van der Waals surface area contributed by atoms with Gasteiger partial charge in [-0.3, -0.25) is 14.5 Å². The van der Waals surface area contributed by atoms with E-state index in [0.717, 1.165) is 11.1 Å². The van der Waals surface area contributed by atoms with Crippen LogP contribution in [0.4, 0.5) is 5.69 Å². The molecule has 3 rings (SSSR count). The number of para-hydroxylation sites is 2. The summed E-state index contributed by atoms with van der Waals surface area (Å²) in [6.07, 6.45) is 0. The van der Waals surface area contributed by atoms with E-state index in [0.29, 0.717) is 29.3 Å². The molecular formula is C27H31N3O4. The largest absolute Gasteiger partial charge is 0.493 e. The van der Waals surface area contributed by atoms with Gasteiger partial charge in [0.25, 0.3) is 5.91 Å². The van der Waals surface area contributed by atoms with Crippen molar-refractivity contribution in [1.82, 2.24) is 10.2 Å². The van der Waals surface area contributed by atoms with Gasteiger partial charge in [-0.2, -0.15) is 0 Å². The van der Waals surface area contributed by atoms with Gasteiger partial charge in [0.15, 0.2) is 11.5 Å². The molecule has 34 heavy (non-hydrogen) atoms.